The third-order valence-electron chi connectivity index (χ3n) is 8.15. The topological polar surface area (TPSA) is 61.1 Å². The number of rotatable bonds is 0. The van der Waals surface area contributed by atoms with E-state index in [1.165, 1.54) is 11.1 Å². The standard InChI is InChI=1S/C22H29NO2/c1-20(25)9-10-21(2)15(12-20)4-6-16-17-7-5-14(8-11-23)22(17,3)13-18(24)19(16)21/h8,12,16-17,19,25H,4-7,9-10,13H2,1-3H3. The van der Waals surface area contributed by atoms with Crippen molar-refractivity contribution < 1.29 is 9.90 Å². The van der Waals surface area contributed by atoms with Crippen LogP contribution in [0.15, 0.2) is 23.3 Å². The molecule has 3 saturated carbocycles. The van der Waals surface area contributed by atoms with Crippen LogP contribution in [0.5, 0.6) is 0 Å². The molecule has 0 aromatic carbocycles. The number of nitriles is 1. The van der Waals surface area contributed by atoms with E-state index in [2.05, 4.69) is 26.0 Å². The third-order valence-corrected chi connectivity index (χ3v) is 8.15. The van der Waals surface area contributed by atoms with E-state index >= 15 is 0 Å². The van der Waals surface area contributed by atoms with Gasteiger partial charge >= 0.3 is 0 Å². The van der Waals surface area contributed by atoms with Gasteiger partial charge in [0.05, 0.1) is 11.7 Å². The maximum absolute atomic E-state index is 13.3. The van der Waals surface area contributed by atoms with E-state index in [0.29, 0.717) is 24.0 Å². The Labute approximate surface area is 150 Å². The van der Waals surface area contributed by atoms with Gasteiger partial charge in [0, 0.05) is 18.4 Å². The molecule has 0 aromatic heterocycles. The van der Waals surface area contributed by atoms with Crippen LogP contribution in [-0.4, -0.2) is 16.5 Å². The highest BCUT2D eigenvalue weighted by Gasteiger charge is 2.61. The van der Waals surface area contributed by atoms with Crippen molar-refractivity contribution in [3.05, 3.63) is 23.3 Å². The zero-order valence-electron chi connectivity index (χ0n) is 15.6. The normalized spacial score (nSPS) is 50.5. The Balaban J connectivity index is 1.74. The summed E-state index contributed by atoms with van der Waals surface area (Å²) < 4.78 is 0. The van der Waals surface area contributed by atoms with Crippen LogP contribution in [0, 0.1) is 39.9 Å². The Bertz CT molecular complexity index is 725. The van der Waals surface area contributed by atoms with E-state index in [9.17, 15) is 9.90 Å². The molecular formula is C22H29NO2. The Hall–Kier alpha value is -1.40. The van der Waals surface area contributed by atoms with Crippen LogP contribution in [0.4, 0.5) is 0 Å². The number of allylic oxidation sites excluding steroid dienone is 3. The Morgan fingerprint density at radius 2 is 1.96 bits per heavy atom. The van der Waals surface area contributed by atoms with Gasteiger partial charge in [-0.2, -0.15) is 5.26 Å². The Kier molecular flexibility index (Phi) is 3.61. The average molecular weight is 339 g/mol. The van der Waals surface area contributed by atoms with E-state index in [-0.39, 0.29) is 16.7 Å². The van der Waals surface area contributed by atoms with E-state index in [0.717, 1.165) is 38.5 Å². The molecule has 25 heavy (non-hydrogen) atoms. The van der Waals surface area contributed by atoms with Crippen molar-refractivity contribution in [1.29, 1.82) is 5.26 Å². The van der Waals surface area contributed by atoms with Gasteiger partial charge in [-0.1, -0.05) is 31.1 Å². The molecular weight excluding hydrogens is 310 g/mol. The first-order valence-corrected chi connectivity index (χ1v) is 9.78. The molecule has 0 aromatic rings. The van der Waals surface area contributed by atoms with Crippen LogP contribution in [0.25, 0.3) is 0 Å². The van der Waals surface area contributed by atoms with Crippen molar-refractivity contribution in [3.63, 3.8) is 0 Å². The molecule has 1 N–H and O–H groups in total. The molecule has 6 atom stereocenters. The third kappa shape index (κ3) is 2.30. The van der Waals surface area contributed by atoms with E-state index < -0.39 is 5.60 Å². The quantitative estimate of drug-likeness (QED) is 0.528. The van der Waals surface area contributed by atoms with Gasteiger partial charge in [0.15, 0.2) is 0 Å². The van der Waals surface area contributed by atoms with Crippen molar-refractivity contribution in [2.24, 2.45) is 28.6 Å². The summed E-state index contributed by atoms with van der Waals surface area (Å²) in [6.07, 6.45) is 10.1. The molecule has 0 aliphatic heterocycles. The molecule has 134 valence electrons. The SMILES string of the molecule is CC1(O)C=C2CCC3C4CCC(=CC#N)C4(C)CC(=O)C3C2(C)CC1. The van der Waals surface area contributed by atoms with Crippen LogP contribution in [0.3, 0.4) is 0 Å². The minimum atomic E-state index is -0.718. The highest BCUT2D eigenvalue weighted by atomic mass is 16.3. The molecule has 0 spiro atoms. The second-order valence-corrected chi connectivity index (χ2v) is 9.63. The number of hydrogen-bond acceptors (Lipinski definition) is 3. The van der Waals surface area contributed by atoms with E-state index in [1.54, 1.807) is 6.08 Å². The summed E-state index contributed by atoms with van der Waals surface area (Å²) in [4.78, 5) is 13.3. The summed E-state index contributed by atoms with van der Waals surface area (Å²) in [6.45, 7) is 6.38. The molecule has 0 bridgehead atoms. The zero-order valence-corrected chi connectivity index (χ0v) is 15.6. The van der Waals surface area contributed by atoms with Crippen LogP contribution in [0.1, 0.15) is 65.7 Å². The largest absolute Gasteiger partial charge is 0.386 e. The molecule has 0 heterocycles. The monoisotopic (exact) mass is 339 g/mol. The average Bonchev–Trinajstić information content (AvgIpc) is 2.84. The van der Waals surface area contributed by atoms with Crippen molar-refractivity contribution in [2.75, 3.05) is 0 Å². The maximum atomic E-state index is 13.3. The number of carbonyl (C=O) groups excluding carboxylic acids is 1. The fourth-order valence-corrected chi connectivity index (χ4v) is 6.86. The fourth-order valence-electron chi connectivity index (χ4n) is 6.86. The molecule has 0 amide bonds. The van der Waals surface area contributed by atoms with Crippen molar-refractivity contribution >= 4 is 5.78 Å². The van der Waals surface area contributed by atoms with Gasteiger partial charge in [-0.15, -0.1) is 0 Å². The molecule has 4 aliphatic rings. The summed E-state index contributed by atoms with van der Waals surface area (Å²) in [6, 6.07) is 2.21. The van der Waals surface area contributed by atoms with E-state index in [4.69, 9.17) is 5.26 Å². The summed E-state index contributed by atoms with van der Waals surface area (Å²) in [5.74, 6) is 1.45. The molecule has 3 fully saturated rings. The number of nitrogens with zero attached hydrogens (tertiary/aromatic N) is 1. The van der Waals surface area contributed by atoms with Crippen molar-refractivity contribution in [3.8, 4) is 6.07 Å². The molecule has 4 rings (SSSR count). The highest BCUT2D eigenvalue weighted by Crippen LogP contribution is 2.65. The minimum Gasteiger partial charge on any atom is -0.386 e. The first-order valence-electron chi connectivity index (χ1n) is 9.78. The summed E-state index contributed by atoms with van der Waals surface area (Å²) in [5.41, 5.74) is 1.61. The summed E-state index contributed by atoms with van der Waals surface area (Å²) in [5, 5.41) is 19.6. The van der Waals surface area contributed by atoms with E-state index in [1.807, 2.05) is 6.92 Å². The van der Waals surface area contributed by atoms with Gasteiger partial charge in [-0.25, -0.2) is 0 Å². The molecule has 4 aliphatic carbocycles. The fraction of sp³-hybridized carbons (Fsp3) is 0.727. The summed E-state index contributed by atoms with van der Waals surface area (Å²) in [7, 11) is 0. The first kappa shape index (κ1) is 17.0. The van der Waals surface area contributed by atoms with Gasteiger partial charge in [-0.3, -0.25) is 4.79 Å². The smallest absolute Gasteiger partial charge is 0.138 e. The van der Waals surface area contributed by atoms with Gasteiger partial charge in [0.1, 0.15) is 5.78 Å². The van der Waals surface area contributed by atoms with Crippen LogP contribution in [-0.2, 0) is 4.79 Å². The minimum absolute atomic E-state index is 0.0781. The predicted octanol–water partition coefficient (Wildman–Crippen LogP) is 4.33. The Morgan fingerprint density at radius 1 is 1.20 bits per heavy atom. The van der Waals surface area contributed by atoms with Crippen LogP contribution >= 0.6 is 0 Å². The summed E-state index contributed by atoms with van der Waals surface area (Å²) >= 11 is 0. The van der Waals surface area contributed by atoms with Crippen LogP contribution in [0.2, 0.25) is 0 Å². The number of ketones is 1. The zero-order chi connectivity index (χ0) is 18.0. The highest BCUT2D eigenvalue weighted by molar-refractivity contribution is 5.85. The van der Waals surface area contributed by atoms with Crippen LogP contribution < -0.4 is 0 Å². The van der Waals surface area contributed by atoms with Gasteiger partial charge in [0.25, 0.3) is 0 Å². The second-order valence-electron chi connectivity index (χ2n) is 9.63. The van der Waals surface area contributed by atoms with Gasteiger partial charge in [0.2, 0.25) is 0 Å². The number of fused-ring (bicyclic) bond motifs is 5. The molecule has 3 heteroatoms. The molecule has 3 nitrogen and oxygen atoms in total. The lowest BCUT2D eigenvalue weighted by atomic mass is 9.46. The number of hydrogen-bond donors (Lipinski definition) is 1. The maximum Gasteiger partial charge on any atom is 0.138 e. The van der Waals surface area contributed by atoms with Crippen molar-refractivity contribution in [1.82, 2.24) is 0 Å². The lowest BCUT2D eigenvalue weighted by Gasteiger charge is -2.57. The Morgan fingerprint density at radius 3 is 2.68 bits per heavy atom. The second kappa shape index (κ2) is 5.30. The van der Waals surface area contributed by atoms with Gasteiger partial charge < -0.3 is 5.11 Å². The predicted molar refractivity (Wildman–Crippen MR) is 96.4 cm³/mol. The number of Topliss-reactive ketones (excluding diaryl/α,β-unsaturated/α-hetero) is 1. The molecule has 6 unspecified atom stereocenters. The van der Waals surface area contributed by atoms with Crippen molar-refractivity contribution in [2.45, 2.75) is 71.3 Å². The molecule has 0 radical (unpaired) electrons. The number of aliphatic hydroxyl groups is 1. The first-order chi connectivity index (χ1) is 11.7. The van der Waals surface area contributed by atoms with Gasteiger partial charge in [-0.05, 0) is 68.1 Å². The number of carbonyl (C=O) groups is 1. The molecule has 0 saturated heterocycles. The lowest BCUT2D eigenvalue weighted by molar-refractivity contribution is -0.142. The lowest BCUT2D eigenvalue weighted by Crippen LogP contribution is -2.54.